The van der Waals surface area contributed by atoms with E-state index in [4.69, 9.17) is 0 Å². The molecular formula is C12H23I. The van der Waals surface area contributed by atoms with Gasteiger partial charge < -0.3 is 0 Å². The van der Waals surface area contributed by atoms with Crippen LogP contribution in [-0.2, 0) is 0 Å². The largest absolute Gasteiger partial charge is 0.0864 e. The predicted octanol–water partition coefficient (Wildman–Crippen LogP) is 4.81. The molecular weight excluding hydrogens is 271 g/mol. The van der Waals surface area contributed by atoms with Gasteiger partial charge in [-0.25, -0.2) is 0 Å². The third kappa shape index (κ3) is 4.66. The summed E-state index contributed by atoms with van der Waals surface area (Å²) in [4.78, 5) is 0. The van der Waals surface area contributed by atoms with Gasteiger partial charge in [0.2, 0.25) is 0 Å². The van der Waals surface area contributed by atoms with Crippen molar-refractivity contribution in [3.8, 4) is 0 Å². The van der Waals surface area contributed by atoms with Crippen LogP contribution in [0.15, 0.2) is 0 Å². The molecule has 0 bridgehead atoms. The van der Waals surface area contributed by atoms with E-state index in [-0.39, 0.29) is 0 Å². The molecule has 1 rings (SSSR count). The van der Waals surface area contributed by atoms with Gasteiger partial charge in [0.15, 0.2) is 0 Å². The zero-order valence-corrected chi connectivity index (χ0v) is 11.1. The monoisotopic (exact) mass is 294 g/mol. The molecule has 0 unspecified atom stereocenters. The Morgan fingerprint density at radius 3 is 2.15 bits per heavy atom. The first-order valence-electron chi connectivity index (χ1n) is 5.92. The number of hydrogen-bond acceptors (Lipinski definition) is 0. The summed E-state index contributed by atoms with van der Waals surface area (Å²) in [5.41, 5.74) is 0. The van der Waals surface area contributed by atoms with Crippen LogP contribution in [0.5, 0.6) is 0 Å². The third-order valence-corrected chi connectivity index (χ3v) is 4.30. The molecule has 78 valence electrons. The molecule has 1 aliphatic rings. The van der Waals surface area contributed by atoms with Gasteiger partial charge in [0, 0.05) is 0 Å². The fourth-order valence-electron chi connectivity index (χ4n) is 2.46. The molecule has 0 heterocycles. The van der Waals surface area contributed by atoms with Crippen molar-refractivity contribution in [3.63, 3.8) is 0 Å². The standard InChI is InChI=1S/C12H23I/c1-2-11-6-8-12(9-7-11)5-3-4-10-13/h11-12H,2-10H2,1H3. The quantitative estimate of drug-likeness (QED) is 0.388. The molecule has 0 aromatic carbocycles. The highest BCUT2D eigenvalue weighted by Crippen LogP contribution is 2.33. The van der Waals surface area contributed by atoms with Gasteiger partial charge in [-0.15, -0.1) is 0 Å². The van der Waals surface area contributed by atoms with Gasteiger partial charge in [0.05, 0.1) is 0 Å². The van der Waals surface area contributed by atoms with Crippen molar-refractivity contribution >= 4 is 22.6 Å². The maximum absolute atomic E-state index is 2.49. The molecule has 0 aromatic heterocycles. The average Bonchev–Trinajstić information content (AvgIpc) is 2.19. The summed E-state index contributed by atoms with van der Waals surface area (Å²) < 4.78 is 1.35. The van der Waals surface area contributed by atoms with E-state index in [1.165, 1.54) is 55.8 Å². The van der Waals surface area contributed by atoms with Gasteiger partial charge in [0.1, 0.15) is 0 Å². The van der Waals surface area contributed by atoms with E-state index in [0.29, 0.717) is 0 Å². The van der Waals surface area contributed by atoms with E-state index in [0.717, 1.165) is 11.8 Å². The van der Waals surface area contributed by atoms with E-state index < -0.39 is 0 Å². The SMILES string of the molecule is CCC1CCC(CCCCI)CC1. The van der Waals surface area contributed by atoms with Crippen LogP contribution < -0.4 is 0 Å². The van der Waals surface area contributed by atoms with Gasteiger partial charge >= 0.3 is 0 Å². The molecule has 0 nitrogen and oxygen atoms in total. The second-order valence-corrected chi connectivity index (χ2v) is 5.56. The summed E-state index contributed by atoms with van der Waals surface area (Å²) in [6.45, 7) is 2.35. The Bertz CT molecular complexity index is 112. The zero-order valence-electron chi connectivity index (χ0n) is 8.90. The van der Waals surface area contributed by atoms with Crippen molar-refractivity contribution in [2.45, 2.75) is 58.3 Å². The second-order valence-electron chi connectivity index (χ2n) is 4.48. The van der Waals surface area contributed by atoms with Crippen LogP contribution in [0.3, 0.4) is 0 Å². The number of hydrogen-bond donors (Lipinski definition) is 0. The minimum atomic E-state index is 1.07. The van der Waals surface area contributed by atoms with Gasteiger partial charge in [-0.1, -0.05) is 74.5 Å². The summed E-state index contributed by atoms with van der Waals surface area (Å²) in [7, 11) is 0. The summed E-state index contributed by atoms with van der Waals surface area (Å²) >= 11 is 2.49. The number of unbranched alkanes of at least 4 members (excludes halogenated alkanes) is 1. The van der Waals surface area contributed by atoms with Crippen LogP contribution in [-0.4, -0.2) is 4.43 Å². The van der Waals surface area contributed by atoms with Crippen LogP contribution in [0.1, 0.15) is 58.3 Å². The average molecular weight is 294 g/mol. The minimum Gasteiger partial charge on any atom is -0.0864 e. The first-order chi connectivity index (χ1) is 6.36. The van der Waals surface area contributed by atoms with Crippen LogP contribution in [0, 0.1) is 11.8 Å². The van der Waals surface area contributed by atoms with Crippen molar-refractivity contribution in [1.29, 1.82) is 0 Å². The maximum Gasteiger partial charge on any atom is -0.000473 e. The van der Waals surface area contributed by atoms with Gasteiger partial charge in [0.25, 0.3) is 0 Å². The maximum atomic E-state index is 2.49. The lowest BCUT2D eigenvalue weighted by atomic mass is 9.79. The molecule has 1 aliphatic carbocycles. The Balaban J connectivity index is 2.03. The number of halogens is 1. The molecule has 0 aromatic rings. The Hall–Kier alpha value is 0.730. The lowest BCUT2D eigenvalue weighted by molar-refractivity contribution is 0.255. The van der Waals surface area contributed by atoms with E-state index in [9.17, 15) is 0 Å². The smallest absolute Gasteiger partial charge is 0.000473 e. The molecule has 0 radical (unpaired) electrons. The molecule has 13 heavy (non-hydrogen) atoms. The van der Waals surface area contributed by atoms with Crippen molar-refractivity contribution in [2.75, 3.05) is 4.43 Å². The van der Waals surface area contributed by atoms with E-state index >= 15 is 0 Å². The Morgan fingerprint density at radius 1 is 1.00 bits per heavy atom. The molecule has 0 atom stereocenters. The Morgan fingerprint density at radius 2 is 1.62 bits per heavy atom. The van der Waals surface area contributed by atoms with Crippen molar-refractivity contribution in [1.82, 2.24) is 0 Å². The van der Waals surface area contributed by atoms with Gasteiger partial charge in [-0.2, -0.15) is 0 Å². The van der Waals surface area contributed by atoms with E-state index in [1.54, 1.807) is 0 Å². The first kappa shape index (κ1) is 11.8. The van der Waals surface area contributed by atoms with Gasteiger partial charge in [-0.3, -0.25) is 0 Å². The summed E-state index contributed by atoms with van der Waals surface area (Å²) in [5, 5.41) is 0. The van der Waals surface area contributed by atoms with Crippen molar-refractivity contribution < 1.29 is 0 Å². The molecule has 0 aliphatic heterocycles. The number of rotatable bonds is 5. The van der Waals surface area contributed by atoms with Crippen LogP contribution in [0.2, 0.25) is 0 Å². The zero-order chi connectivity index (χ0) is 9.52. The molecule has 1 heteroatoms. The molecule has 1 saturated carbocycles. The first-order valence-corrected chi connectivity index (χ1v) is 7.45. The minimum absolute atomic E-state index is 1.07. The highest BCUT2D eigenvalue weighted by atomic mass is 127. The van der Waals surface area contributed by atoms with E-state index in [1.807, 2.05) is 0 Å². The lowest BCUT2D eigenvalue weighted by Crippen LogP contribution is -2.13. The van der Waals surface area contributed by atoms with Crippen molar-refractivity contribution in [2.24, 2.45) is 11.8 Å². The molecule has 0 amide bonds. The normalized spacial score (nSPS) is 29.1. The molecule has 0 N–H and O–H groups in total. The van der Waals surface area contributed by atoms with Crippen molar-refractivity contribution in [3.05, 3.63) is 0 Å². The van der Waals surface area contributed by atoms with Crippen LogP contribution in [0.4, 0.5) is 0 Å². The van der Waals surface area contributed by atoms with Gasteiger partial charge in [-0.05, 0) is 22.7 Å². The molecule has 0 saturated heterocycles. The van der Waals surface area contributed by atoms with Crippen LogP contribution in [0.25, 0.3) is 0 Å². The Kier molecular flexibility index (Phi) is 6.43. The Labute approximate surface area is 97.0 Å². The predicted molar refractivity (Wildman–Crippen MR) is 68.5 cm³/mol. The molecule has 1 fully saturated rings. The fourth-order valence-corrected chi connectivity index (χ4v) is 3.00. The van der Waals surface area contributed by atoms with Crippen LogP contribution >= 0.6 is 22.6 Å². The number of alkyl halides is 1. The highest BCUT2D eigenvalue weighted by molar-refractivity contribution is 14.1. The van der Waals surface area contributed by atoms with E-state index in [2.05, 4.69) is 29.5 Å². The summed E-state index contributed by atoms with van der Waals surface area (Å²) in [6, 6.07) is 0. The summed E-state index contributed by atoms with van der Waals surface area (Å²) in [6.07, 6.45) is 11.9. The second kappa shape index (κ2) is 7.08. The third-order valence-electron chi connectivity index (χ3n) is 3.54. The highest BCUT2D eigenvalue weighted by Gasteiger charge is 2.18. The molecule has 0 spiro atoms. The summed E-state index contributed by atoms with van der Waals surface area (Å²) in [5.74, 6) is 2.16. The lowest BCUT2D eigenvalue weighted by Gasteiger charge is -2.27. The topological polar surface area (TPSA) is 0 Å². The fraction of sp³-hybridized carbons (Fsp3) is 1.00.